The van der Waals surface area contributed by atoms with E-state index in [1.54, 1.807) is 7.11 Å². The van der Waals surface area contributed by atoms with Crippen LogP contribution in [0, 0.1) is 0 Å². The summed E-state index contributed by atoms with van der Waals surface area (Å²) in [7, 11) is 3.59. The van der Waals surface area contributed by atoms with Gasteiger partial charge in [-0.3, -0.25) is 9.47 Å². The Morgan fingerprint density at radius 3 is 2.53 bits per heavy atom. The molecule has 0 amide bonds. The Kier molecular flexibility index (Phi) is 7.50. The molecule has 0 radical (unpaired) electrons. The number of methoxy groups -OCH3 is 1. The van der Waals surface area contributed by atoms with Crippen molar-refractivity contribution in [3.05, 3.63) is 69.6 Å². The van der Waals surface area contributed by atoms with Gasteiger partial charge >= 0.3 is 11.7 Å². The number of rotatable bonds is 11. The van der Waals surface area contributed by atoms with Gasteiger partial charge < -0.3 is 25.5 Å². The lowest BCUT2D eigenvalue weighted by Crippen LogP contribution is -2.39. The topological polar surface area (TPSA) is 123 Å². The molecule has 0 spiro atoms. The summed E-state index contributed by atoms with van der Waals surface area (Å²) in [4.78, 5) is 26.6. The fourth-order valence-corrected chi connectivity index (χ4v) is 4.87. The lowest BCUT2D eigenvalue weighted by molar-refractivity contribution is 0.111. The van der Waals surface area contributed by atoms with Crippen molar-refractivity contribution in [3.63, 3.8) is 0 Å². The van der Waals surface area contributed by atoms with Crippen molar-refractivity contribution in [3.8, 4) is 11.8 Å². The Labute approximate surface area is 221 Å². The number of hydrogen-bond acceptors (Lipinski definition) is 8. The van der Waals surface area contributed by atoms with Crippen molar-refractivity contribution in [1.82, 2.24) is 24.4 Å². The molecule has 0 unspecified atom stereocenters. The van der Waals surface area contributed by atoms with Crippen molar-refractivity contribution in [2.75, 3.05) is 31.8 Å². The summed E-state index contributed by atoms with van der Waals surface area (Å²) < 4.78 is 12.7. The van der Waals surface area contributed by atoms with Gasteiger partial charge in [-0.1, -0.05) is 30.7 Å². The van der Waals surface area contributed by atoms with Crippen LogP contribution in [0.25, 0.3) is 11.2 Å². The van der Waals surface area contributed by atoms with Gasteiger partial charge in [-0.05, 0) is 49.1 Å². The van der Waals surface area contributed by atoms with E-state index in [1.807, 2.05) is 20.0 Å². The normalized spacial score (nSPS) is 13.6. The highest BCUT2D eigenvalue weighted by atomic mass is 16.5. The first-order valence-corrected chi connectivity index (χ1v) is 13.0. The molecule has 1 aliphatic rings. The molecule has 2 heterocycles. The molecular weight excluding hydrogens is 482 g/mol. The van der Waals surface area contributed by atoms with Gasteiger partial charge in [0.25, 0.3) is 0 Å². The third kappa shape index (κ3) is 5.31. The molecule has 10 nitrogen and oxygen atoms in total. The minimum Gasteiger partial charge on any atom is -0.496 e. The molecule has 1 aliphatic carbocycles. The molecule has 1 fully saturated rings. The van der Waals surface area contributed by atoms with Crippen LogP contribution in [0.4, 0.5) is 11.5 Å². The first kappa shape index (κ1) is 25.6. The van der Waals surface area contributed by atoms with Crippen LogP contribution < -0.4 is 26.2 Å². The van der Waals surface area contributed by atoms with E-state index >= 15 is 0 Å². The molecule has 1 saturated carbocycles. The summed E-state index contributed by atoms with van der Waals surface area (Å²) in [5.74, 6) is 0.899. The summed E-state index contributed by atoms with van der Waals surface area (Å²) in [6.07, 6.45) is 3.73. The highest BCUT2D eigenvalue weighted by Crippen LogP contribution is 2.30. The van der Waals surface area contributed by atoms with Crippen LogP contribution in [-0.2, 0) is 19.6 Å². The largest absolute Gasteiger partial charge is 0.496 e. The second-order valence-corrected chi connectivity index (χ2v) is 9.62. The van der Waals surface area contributed by atoms with Gasteiger partial charge in [-0.25, -0.2) is 4.79 Å². The number of benzene rings is 2. The van der Waals surface area contributed by atoms with E-state index in [1.165, 1.54) is 35.0 Å². The number of anilines is 2. The van der Waals surface area contributed by atoms with E-state index in [0.717, 1.165) is 30.1 Å². The molecule has 0 saturated heterocycles. The van der Waals surface area contributed by atoms with E-state index < -0.39 is 0 Å². The molecule has 0 aliphatic heterocycles. The van der Waals surface area contributed by atoms with Gasteiger partial charge in [0.1, 0.15) is 11.3 Å². The maximum atomic E-state index is 12.8. The zero-order chi connectivity index (χ0) is 26.6. The lowest BCUT2D eigenvalue weighted by Gasteiger charge is -2.38. The van der Waals surface area contributed by atoms with Gasteiger partial charge in [0.15, 0.2) is 11.5 Å². The van der Waals surface area contributed by atoms with Crippen LogP contribution in [0.3, 0.4) is 0 Å². The summed E-state index contributed by atoms with van der Waals surface area (Å²) in [6, 6.07) is 15.5. The zero-order valence-electron chi connectivity index (χ0n) is 22.2. The average Bonchev–Trinajstić information content (AvgIpc) is 3.20. The quantitative estimate of drug-likeness (QED) is 0.275. The molecule has 5 rings (SSSR count). The van der Waals surface area contributed by atoms with Crippen LogP contribution in [0.5, 0.6) is 11.8 Å². The maximum absolute atomic E-state index is 12.8. The number of nitrogens with two attached hydrogens (primary N) is 1. The van der Waals surface area contributed by atoms with Gasteiger partial charge in [0, 0.05) is 37.4 Å². The monoisotopic (exact) mass is 517 g/mol. The van der Waals surface area contributed by atoms with Gasteiger partial charge in [-0.2, -0.15) is 9.97 Å². The molecule has 2 aromatic carbocycles. The fraction of sp³-hybridized carbons (Fsp3) is 0.393. The smallest absolute Gasteiger partial charge is 0.328 e. The second kappa shape index (κ2) is 11.1. The van der Waals surface area contributed by atoms with Gasteiger partial charge in [0.2, 0.25) is 0 Å². The molecule has 10 heteroatoms. The molecular formula is C28H35N7O3. The van der Waals surface area contributed by atoms with Crippen molar-refractivity contribution >= 4 is 22.7 Å². The second-order valence-electron chi connectivity index (χ2n) is 9.62. The predicted octanol–water partition coefficient (Wildman–Crippen LogP) is 3.75. The Hall–Kier alpha value is -4.05. The number of H-pyrrole nitrogens is 1. The summed E-state index contributed by atoms with van der Waals surface area (Å²) in [6.45, 7) is 4.23. The van der Waals surface area contributed by atoms with Crippen LogP contribution in [-0.4, -0.2) is 51.2 Å². The van der Waals surface area contributed by atoms with E-state index in [-0.39, 0.29) is 24.1 Å². The third-order valence-electron chi connectivity index (χ3n) is 7.19. The number of aromatic nitrogens is 4. The summed E-state index contributed by atoms with van der Waals surface area (Å²) in [5.41, 5.74) is 11.0. The minimum atomic E-state index is -0.318. The number of nitrogen functional groups attached to an aromatic ring is 1. The third-order valence-corrected chi connectivity index (χ3v) is 7.19. The van der Waals surface area contributed by atoms with Gasteiger partial charge in [-0.15, -0.1) is 0 Å². The molecule has 4 N–H and O–H groups in total. The van der Waals surface area contributed by atoms with Crippen molar-refractivity contribution in [2.45, 2.75) is 51.9 Å². The molecule has 38 heavy (non-hydrogen) atoms. The standard InChI is InChI=1S/C28H35N7O3/c1-4-38-27-32-25(29)24-26(33-27)35(28(36)31-24)17-20-11-8-19(14-23(20)37-3)16-34(22-6-5-7-22)15-18-9-12-21(30-2)13-10-18/h8-14,22,30H,4-7,15-17H2,1-3H3,(H,31,36)(H2,29,32,33). The van der Waals surface area contributed by atoms with Crippen molar-refractivity contribution in [2.24, 2.45) is 0 Å². The molecule has 0 atom stereocenters. The number of aromatic amines is 1. The number of nitrogens with zero attached hydrogens (tertiary/aromatic N) is 4. The van der Waals surface area contributed by atoms with Gasteiger partial charge in [0.05, 0.1) is 20.3 Å². The summed E-state index contributed by atoms with van der Waals surface area (Å²) in [5, 5.41) is 3.18. The SMILES string of the molecule is CCOc1nc(N)c2[nH]c(=O)n(Cc3ccc(CN(Cc4ccc(NC)cc4)C4CCC4)cc3OC)c2n1. The Bertz CT molecular complexity index is 1460. The number of nitrogens with one attached hydrogen (secondary N) is 2. The Morgan fingerprint density at radius 2 is 1.87 bits per heavy atom. The highest BCUT2D eigenvalue weighted by Gasteiger charge is 2.25. The van der Waals surface area contributed by atoms with Crippen molar-refractivity contribution < 1.29 is 9.47 Å². The number of ether oxygens (including phenoxy) is 2. The van der Waals surface area contributed by atoms with E-state index in [0.29, 0.717) is 23.8 Å². The molecule has 2 aromatic heterocycles. The molecule has 200 valence electrons. The minimum absolute atomic E-state index is 0.143. The number of imidazole rings is 1. The Balaban J connectivity index is 1.39. The first-order chi connectivity index (χ1) is 18.5. The van der Waals surface area contributed by atoms with Crippen LogP contribution >= 0.6 is 0 Å². The van der Waals surface area contributed by atoms with Crippen LogP contribution in [0.2, 0.25) is 0 Å². The van der Waals surface area contributed by atoms with Crippen LogP contribution in [0.1, 0.15) is 42.9 Å². The predicted molar refractivity (Wildman–Crippen MR) is 149 cm³/mol. The van der Waals surface area contributed by atoms with E-state index in [9.17, 15) is 4.79 Å². The summed E-state index contributed by atoms with van der Waals surface area (Å²) >= 11 is 0. The lowest BCUT2D eigenvalue weighted by atomic mass is 9.90. The Morgan fingerprint density at radius 1 is 1.13 bits per heavy atom. The molecule has 4 aromatic rings. The van der Waals surface area contributed by atoms with E-state index in [2.05, 4.69) is 61.6 Å². The number of hydrogen-bond donors (Lipinski definition) is 3. The number of fused-ring (bicyclic) bond motifs is 1. The average molecular weight is 518 g/mol. The fourth-order valence-electron chi connectivity index (χ4n) is 4.87. The first-order valence-electron chi connectivity index (χ1n) is 13.0. The zero-order valence-corrected chi connectivity index (χ0v) is 22.2. The highest BCUT2D eigenvalue weighted by molar-refractivity contribution is 5.82. The van der Waals surface area contributed by atoms with E-state index in [4.69, 9.17) is 15.2 Å². The maximum Gasteiger partial charge on any atom is 0.328 e. The van der Waals surface area contributed by atoms with Crippen molar-refractivity contribution in [1.29, 1.82) is 0 Å². The molecule has 0 bridgehead atoms. The van der Waals surface area contributed by atoms with Crippen LogP contribution in [0.15, 0.2) is 47.3 Å².